The van der Waals surface area contributed by atoms with Crippen LogP contribution in [-0.4, -0.2) is 23.7 Å². The van der Waals surface area contributed by atoms with Gasteiger partial charge in [0.25, 0.3) is 0 Å². The van der Waals surface area contributed by atoms with E-state index >= 15 is 0 Å². The standard InChI is InChI=1S/C14H21NO2/c1-3-7-11(2)15-10-13(14(16)17)12-8-5-4-6-9-12/h4-6,8-9,11,13,15H,3,7,10H2,1-2H3,(H,16,17). The first-order valence-corrected chi connectivity index (χ1v) is 6.16. The maximum Gasteiger partial charge on any atom is 0.312 e. The smallest absolute Gasteiger partial charge is 0.312 e. The molecule has 0 aliphatic rings. The van der Waals surface area contributed by atoms with E-state index in [9.17, 15) is 9.90 Å². The third-order valence-corrected chi connectivity index (χ3v) is 2.89. The lowest BCUT2D eigenvalue weighted by molar-refractivity contribution is -0.138. The highest BCUT2D eigenvalue weighted by Gasteiger charge is 2.19. The van der Waals surface area contributed by atoms with Crippen molar-refractivity contribution in [1.82, 2.24) is 5.32 Å². The quantitative estimate of drug-likeness (QED) is 0.764. The van der Waals surface area contributed by atoms with Crippen molar-refractivity contribution in [2.45, 2.75) is 38.6 Å². The Hall–Kier alpha value is -1.35. The molecule has 1 aromatic carbocycles. The zero-order chi connectivity index (χ0) is 12.7. The second kappa shape index (κ2) is 7.07. The highest BCUT2D eigenvalue weighted by molar-refractivity contribution is 5.76. The van der Waals surface area contributed by atoms with E-state index in [-0.39, 0.29) is 0 Å². The van der Waals surface area contributed by atoms with Gasteiger partial charge in [-0.1, -0.05) is 43.7 Å². The van der Waals surface area contributed by atoms with Gasteiger partial charge < -0.3 is 10.4 Å². The second-order valence-electron chi connectivity index (χ2n) is 4.40. The summed E-state index contributed by atoms with van der Waals surface area (Å²) in [6, 6.07) is 9.75. The zero-order valence-corrected chi connectivity index (χ0v) is 10.5. The lowest BCUT2D eigenvalue weighted by Crippen LogP contribution is -2.33. The fraction of sp³-hybridized carbons (Fsp3) is 0.500. The molecule has 0 aromatic heterocycles. The lowest BCUT2D eigenvalue weighted by Gasteiger charge is -2.17. The maximum absolute atomic E-state index is 11.2. The van der Waals surface area contributed by atoms with Gasteiger partial charge in [-0.2, -0.15) is 0 Å². The van der Waals surface area contributed by atoms with E-state index in [1.54, 1.807) is 0 Å². The SMILES string of the molecule is CCCC(C)NCC(C(=O)O)c1ccccc1. The Kier molecular flexibility index (Phi) is 5.70. The van der Waals surface area contributed by atoms with Crippen LogP contribution >= 0.6 is 0 Å². The molecule has 0 radical (unpaired) electrons. The second-order valence-corrected chi connectivity index (χ2v) is 4.40. The van der Waals surface area contributed by atoms with Crippen LogP contribution in [-0.2, 0) is 4.79 Å². The van der Waals surface area contributed by atoms with Crippen molar-refractivity contribution in [3.63, 3.8) is 0 Å². The van der Waals surface area contributed by atoms with Crippen LogP contribution in [0.4, 0.5) is 0 Å². The Morgan fingerprint density at radius 2 is 2.00 bits per heavy atom. The molecule has 0 saturated heterocycles. The molecule has 2 unspecified atom stereocenters. The third-order valence-electron chi connectivity index (χ3n) is 2.89. The minimum absolute atomic E-state index is 0.366. The number of rotatable bonds is 7. The molecular formula is C14H21NO2. The average molecular weight is 235 g/mol. The maximum atomic E-state index is 11.2. The number of carbonyl (C=O) groups is 1. The Balaban J connectivity index is 2.59. The summed E-state index contributed by atoms with van der Waals surface area (Å²) < 4.78 is 0. The Morgan fingerprint density at radius 3 is 2.53 bits per heavy atom. The number of aliphatic carboxylic acids is 1. The van der Waals surface area contributed by atoms with Crippen molar-refractivity contribution in [3.8, 4) is 0 Å². The number of benzene rings is 1. The molecule has 1 aromatic rings. The van der Waals surface area contributed by atoms with Crippen LogP contribution < -0.4 is 5.32 Å². The molecule has 2 atom stereocenters. The molecule has 3 nitrogen and oxygen atoms in total. The number of carboxylic acid groups (broad SMARTS) is 1. The predicted molar refractivity (Wildman–Crippen MR) is 69.2 cm³/mol. The highest BCUT2D eigenvalue weighted by atomic mass is 16.4. The number of hydrogen-bond acceptors (Lipinski definition) is 2. The van der Waals surface area contributed by atoms with E-state index in [0.29, 0.717) is 12.6 Å². The van der Waals surface area contributed by atoms with E-state index in [1.165, 1.54) is 0 Å². The van der Waals surface area contributed by atoms with E-state index in [4.69, 9.17) is 0 Å². The van der Waals surface area contributed by atoms with Gasteiger partial charge >= 0.3 is 5.97 Å². The van der Waals surface area contributed by atoms with Gasteiger partial charge in [0.2, 0.25) is 0 Å². The first-order chi connectivity index (χ1) is 8.15. The van der Waals surface area contributed by atoms with Gasteiger partial charge in [-0.15, -0.1) is 0 Å². The summed E-state index contributed by atoms with van der Waals surface area (Å²) in [7, 11) is 0. The summed E-state index contributed by atoms with van der Waals surface area (Å²) >= 11 is 0. The van der Waals surface area contributed by atoms with E-state index in [0.717, 1.165) is 18.4 Å². The van der Waals surface area contributed by atoms with Crippen LogP contribution in [0.2, 0.25) is 0 Å². The van der Waals surface area contributed by atoms with Gasteiger partial charge in [0.15, 0.2) is 0 Å². The molecule has 94 valence electrons. The van der Waals surface area contributed by atoms with Crippen molar-refractivity contribution in [3.05, 3.63) is 35.9 Å². The Bertz CT molecular complexity index is 337. The first kappa shape index (κ1) is 13.7. The lowest BCUT2D eigenvalue weighted by atomic mass is 9.99. The van der Waals surface area contributed by atoms with Crippen LogP contribution in [0.25, 0.3) is 0 Å². The van der Waals surface area contributed by atoms with E-state index < -0.39 is 11.9 Å². The van der Waals surface area contributed by atoms with Gasteiger partial charge in [-0.25, -0.2) is 0 Å². The molecule has 17 heavy (non-hydrogen) atoms. The molecule has 0 aliphatic heterocycles. The van der Waals surface area contributed by atoms with Crippen LogP contribution in [0, 0.1) is 0 Å². The number of nitrogens with one attached hydrogen (secondary N) is 1. The molecule has 0 fully saturated rings. The molecule has 0 aliphatic carbocycles. The zero-order valence-electron chi connectivity index (χ0n) is 10.5. The van der Waals surface area contributed by atoms with Crippen LogP contribution in [0.1, 0.15) is 38.2 Å². The monoisotopic (exact) mass is 235 g/mol. The van der Waals surface area contributed by atoms with Crippen molar-refractivity contribution >= 4 is 5.97 Å². The van der Waals surface area contributed by atoms with E-state index in [2.05, 4.69) is 19.2 Å². The van der Waals surface area contributed by atoms with Crippen molar-refractivity contribution in [2.24, 2.45) is 0 Å². The largest absolute Gasteiger partial charge is 0.481 e. The Morgan fingerprint density at radius 1 is 1.35 bits per heavy atom. The van der Waals surface area contributed by atoms with E-state index in [1.807, 2.05) is 30.3 Å². The molecule has 3 heteroatoms. The molecule has 1 rings (SSSR count). The van der Waals surface area contributed by atoms with Crippen molar-refractivity contribution in [2.75, 3.05) is 6.54 Å². The van der Waals surface area contributed by atoms with Crippen LogP contribution in [0.3, 0.4) is 0 Å². The molecular weight excluding hydrogens is 214 g/mol. The predicted octanol–water partition coefficient (Wildman–Crippen LogP) is 2.63. The van der Waals surface area contributed by atoms with Crippen LogP contribution in [0.15, 0.2) is 30.3 Å². The molecule has 0 spiro atoms. The first-order valence-electron chi connectivity index (χ1n) is 6.16. The number of carboxylic acids is 1. The minimum Gasteiger partial charge on any atom is -0.481 e. The minimum atomic E-state index is -0.771. The highest BCUT2D eigenvalue weighted by Crippen LogP contribution is 2.15. The topological polar surface area (TPSA) is 49.3 Å². The summed E-state index contributed by atoms with van der Waals surface area (Å²) in [5.74, 6) is -1.23. The Labute approximate surface area is 103 Å². The fourth-order valence-electron chi connectivity index (χ4n) is 1.89. The molecule has 2 N–H and O–H groups in total. The summed E-state index contributed by atoms with van der Waals surface area (Å²) in [4.78, 5) is 11.2. The number of hydrogen-bond donors (Lipinski definition) is 2. The van der Waals surface area contributed by atoms with Gasteiger partial charge in [0.1, 0.15) is 0 Å². The normalized spacial score (nSPS) is 14.2. The van der Waals surface area contributed by atoms with Gasteiger partial charge in [-0.05, 0) is 18.9 Å². The summed E-state index contributed by atoms with van der Waals surface area (Å²) in [6.45, 7) is 4.71. The third kappa shape index (κ3) is 4.57. The van der Waals surface area contributed by atoms with Gasteiger partial charge in [0, 0.05) is 12.6 Å². The molecule has 0 bridgehead atoms. The van der Waals surface area contributed by atoms with Gasteiger partial charge in [-0.3, -0.25) is 4.79 Å². The van der Waals surface area contributed by atoms with Gasteiger partial charge in [0.05, 0.1) is 5.92 Å². The summed E-state index contributed by atoms with van der Waals surface area (Å²) in [5, 5.41) is 12.5. The van der Waals surface area contributed by atoms with Crippen molar-refractivity contribution < 1.29 is 9.90 Å². The van der Waals surface area contributed by atoms with Crippen molar-refractivity contribution in [1.29, 1.82) is 0 Å². The van der Waals surface area contributed by atoms with Crippen LogP contribution in [0.5, 0.6) is 0 Å². The average Bonchev–Trinajstić information content (AvgIpc) is 2.30. The summed E-state index contributed by atoms with van der Waals surface area (Å²) in [6.07, 6.45) is 2.18. The fourth-order valence-corrected chi connectivity index (χ4v) is 1.89. The molecule has 0 saturated carbocycles. The summed E-state index contributed by atoms with van der Waals surface area (Å²) in [5.41, 5.74) is 0.858. The molecule has 0 amide bonds. The molecule has 0 heterocycles.